The van der Waals surface area contributed by atoms with Gasteiger partial charge in [0.1, 0.15) is 0 Å². The first kappa shape index (κ1) is 11.0. The molecule has 2 rings (SSSR count). The molecule has 16 heavy (non-hydrogen) atoms. The topological polar surface area (TPSA) is 56.0 Å². The Balaban J connectivity index is 1.96. The monoisotopic (exact) mass is 216 g/mol. The quantitative estimate of drug-likeness (QED) is 0.810. The second-order valence-electron chi connectivity index (χ2n) is 4.56. The number of aliphatic hydroxyl groups excluding tert-OH is 1. The molecule has 3 nitrogen and oxygen atoms in total. The van der Waals surface area contributed by atoms with E-state index in [9.17, 15) is 5.11 Å². The van der Waals surface area contributed by atoms with Crippen LogP contribution in [0.5, 0.6) is 0 Å². The fraction of sp³-hybridized carbons (Fsp3) is 0.462. The molecule has 0 aliphatic heterocycles. The highest BCUT2D eigenvalue weighted by molar-refractivity contribution is 5.49. The maximum atomic E-state index is 9.32. The Hall–Kier alpha value is -1.53. The van der Waals surface area contributed by atoms with E-state index >= 15 is 0 Å². The van der Waals surface area contributed by atoms with Gasteiger partial charge in [-0.1, -0.05) is 12.5 Å². The summed E-state index contributed by atoms with van der Waals surface area (Å²) in [4.78, 5) is 0. The summed E-state index contributed by atoms with van der Waals surface area (Å²) >= 11 is 0. The van der Waals surface area contributed by atoms with Crippen molar-refractivity contribution in [3.05, 3.63) is 29.8 Å². The number of rotatable bonds is 4. The standard InChI is InChI=1S/C13H16N2O/c14-8-11-3-1-4-12(7-11)15-9-13(10-16)5-2-6-13/h1,3-4,7,15-16H,2,5-6,9-10H2. The van der Waals surface area contributed by atoms with Crippen LogP contribution in [0.4, 0.5) is 5.69 Å². The van der Waals surface area contributed by atoms with Crippen LogP contribution in [0, 0.1) is 16.7 Å². The number of aliphatic hydroxyl groups is 1. The first-order valence-corrected chi connectivity index (χ1v) is 5.63. The van der Waals surface area contributed by atoms with Crippen LogP contribution < -0.4 is 5.32 Å². The molecular weight excluding hydrogens is 200 g/mol. The highest BCUT2D eigenvalue weighted by atomic mass is 16.3. The van der Waals surface area contributed by atoms with Crippen LogP contribution in [-0.2, 0) is 0 Å². The van der Waals surface area contributed by atoms with Crippen LogP contribution in [0.3, 0.4) is 0 Å². The molecule has 0 unspecified atom stereocenters. The second kappa shape index (κ2) is 4.54. The van der Waals surface area contributed by atoms with Crippen molar-refractivity contribution in [2.75, 3.05) is 18.5 Å². The Morgan fingerprint density at radius 1 is 1.44 bits per heavy atom. The molecule has 0 saturated heterocycles. The van der Waals surface area contributed by atoms with E-state index in [1.807, 2.05) is 18.2 Å². The summed E-state index contributed by atoms with van der Waals surface area (Å²) in [5.74, 6) is 0. The Bertz CT molecular complexity index is 399. The minimum absolute atomic E-state index is 0.0721. The molecule has 0 bridgehead atoms. The molecule has 0 spiro atoms. The molecule has 0 aromatic heterocycles. The molecule has 0 heterocycles. The van der Waals surface area contributed by atoms with Gasteiger partial charge in [-0.2, -0.15) is 5.26 Å². The van der Waals surface area contributed by atoms with Crippen molar-refractivity contribution < 1.29 is 5.11 Å². The van der Waals surface area contributed by atoms with E-state index in [1.165, 1.54) is 6.42 Å². The summed E-state index contributed by atoms with van der Waals surface area (Å²) in [5.41, 5.74) is 1.69. The normalized spacial score (nSPS) is 17.2. The van der Waals surface area contributed by atoms with E-state index < -0.39 is 0 Å². The lowest BCUT2D eigenvalue weighted by Gasteiger charge is -2.40. The van der Waals surface area contributed by atoms with Crippen molar-refractivity contribution in [1.82, 2.24) is 0 Å². The van der Waals surface area contributed by atoms with E-state index in [4.69, 9.17) is 5.26 Å². The van der Waals surface area contributed by atoms with Crippen LogP contribution in [0.2, 0.25) is 0 Å². The van der Waals surface area contributed by atoms with Gasteiger partial charge in [-0.05, 0) is 31.0 Å². The number of hydrogen-bond acceptors (Lipinski definition) is 3. The van der Waals surface area contributed by atoms with E-state index in [2.05, 4.69) is 11.4 Å². The zero-order valence-corrected chi connectivity index (χ0v) is 9.24. The van der Waals surface area contributed by atoms with Gasteiger partial charge in [0.05, 0.1) is 18.2 Å². The fourth-order valence-electron chi connectivity index (χ4n) is 2.06. The lowest BCUT2D eigenvalue weighted by Crippen LogP contribution is -2.39. The molecule has 1 aromatic rings. The molecule has 1 aromatic carbocycles. The number of nitrogens with zero attached hydrogens (tertiary/aromatic N) is 1. The second-order valence-corrected chi connectivity index (χ2v) is 4.56. The molecule has 0 radical (unpaired) electrons. The first-order valence-electron chi connectivity index (χ1n) is 5.63. The minimum Gasteiger partial charge on any atom is -0.396 e. The molecule has 1 fully saturated rings. The van der Waals surface area contributed by atoms with Crippen LogP contribution >= 0.6 is 0 Å². The third-order valence-electron chi connectivity index (χ3n) is 3.41. The fourth-order valence-corrected chi connectivity index (χ4v) is 2.06. The van der Waals surface area contributed by atoms with Crippen molar-refractivity contribution in [3.63, 3.8) is 0 Å². The summed E-state index contributed by atoms with van der Waals surface area (Å²) in [7, 11) is 0. The lowest BCUT2D eigenvalue weighted by atomic mass is 9.69. The van der Waals surface area contributed by atoms with Crippen molar-refractivity contribution in [2.24, 2.45) is 5.41 Å². The average molecular weight is 216 g/mol. The van der Waals surface area contributed by atoms with Crippen LogP contribution in [-0.4, -0.2) is 18.3 Å². The smallest absolute Gasteiger partial charge is 0.0992 e. The third kappa shape index (κ3) is 2.17. The maximum absolute atomic E-state index is 9.32. The van der Waals surface area contributed by atoms with Gasteiger partial charge in [0.15, 0.2) is 0 Å². The van der Waals surface area contributed by atoms with Gasteiger partial charge in [0.25, 0.3) is 0 Å². The van der Waals surface area contributed by atoms with E-state index in [-0.39, 0.29) is 12.0 Å². The van der Waals surface area contributed by atoms with E-state index in [0.717, 1.165) is 25.1 Å². The van der Waals surface area contributed by atoms with Gasteiger partial charge in [-0.15, -0.1) is 0 Å². The van der Waals surface area contributed by atoms with Crippen molar-refractivity contribution >= 4 is 5.69 Å². The molecule has 84 valence electrons. The number of benzene rings is 1. The highest BCUT2D eigenvalue weighted by Crippen LogP contribution is 2.40. The molecular formula is C13H16N2O. The molecule has 2 N–H and O–H groups in total. The van der Waals surface area contributed by atoms with Crippen LogP contribution in [0.15, 0.2) is 24.3 Å². The molecule has 3 heteroatoms. The van der Waals surface area contributed by atoms with Gasteiger partial charge >= 0.3 is 0 Å². The zero-order valence-electron chi connectivity index (χ0n) is 9.24. The molecule has 0 amide bonds. The zero-order chi connectivity index (χ0) is 11.4. The van der Waals surface area contributed by atoms with Gasteiger partial charge in [0, 0.05) is 17.6 Å². The Labute approximate surface area is 95.7 Å². The first-order chi connectivity index (χ1) is 7.78. The van der Waals surface area contributed by atoms with E-state index in [1.54, 1.807) is 6.07 Å². The van der Waals surface area contributed by atoms with Gasteiger partial charge in [-0.3, -0.25) is 0 Å². The molecule has 0 atom stereocenters. The van der Waals surface area contributed by atoms with Gasteiger partial charge in [-0.25, -0.2) is 0 Å². The maximum Gasteiger partial charge on any atom is 0.0992 e. The Kier molecular flexibility index (Phi) is 3.12. The van der Waals surface area contributed by atoms with Gasteiger partial charge in [0.2, 0.25) is 0 Å². The highest BCUT2D eigenvalue weighted by Gasteiger charge is 2.35. The molecule has 1 aliphatic rings. The van der Waals surface area contributed by atoms with Crippen molar-refractivity contribution in [1.29, 1.82) is 5.26 Å². The lowest BCUT2D eigenvalue weighted by molar-refractivity contribution is 0.0576. The summed E-state index contributed by atoms with van der Waals surface area (Å²) in [5, 5.41) is 21.4. The van der Waals surface area contributed by atoms with Crippen LogP contribution in [0.1, 0.15) is 24.8 Å². The number of nitrogens with one attached hydrogen (secondary N) is 1. The number of hydrogen-bond donors (Lipinski definition) is 2. The average Bonchev–Trinajstić information content (AvgIpc) is 2.29. The largest absolute Gasteiger partial charge is 0.396 e. The molecule has 1 aliphatic carbocycles. The Morgan fingerprint density at radius 2 is 2.25 bits per heavy atom. The van der Waals surface area contributed by atoms with E-state index in [0.29, 0.717) is 5.56 Å². The van der Waals surface area contributed by atoms with Crippen molar-refractivity contribution in [3.8, 4) is 6.07 Å². The van der Waals surface area contributed by atoms with Gasteiger partial charge < -0.3 is 10.4 Å². The minimum atomic E-state index is 0.0721. The summed E-state index contributed by atoms with van der Waals surface area (Å²) < 4.78 is 0. The summed E-state index contributed by atoms with van der Waals surface area (Å²) in [6.45, 7) is 1.04. The molecule has 1 saturated carbocycles. The summed E-state index contributed by atoms with van der Waals surface area (Å²) in [6.07, 6.45) is 3.39. The third-order valence-corrected chi connectivity index (χ3v) is 3.41. The summed E-state index contributed by atoms with van der Waals surface area (Å²) in [6, 6.07) is 9.56. The van der Waals surface area contributed by atoms with Crippen LogP contribution in [0.25, 0.3) is 0 Å². The number of nitriles is 1. The SMILES string of the molecule is N#Cc1cccc(NCC2(CO)CCC2)c1. The Morgan fingerprint density at radius 3 is 2.81 bits per heavy atom. The number of anilines is 1. The van der Waals surface area contributed by atoms with Crippen molar-refractivity contribution in [2.45, 2.75) is 19.3 Å². The predicted molar refractivity (Wildman–Crippen MR) is 63.0 cm³/mol. The predicted octanol–water partition coefficient (Wildman–Crippen LogP) is 2.13.